The maximum Gasteiger partial charge on any atom is 0.171 e. The van der Waals surface area contributed by atoms with Crippen LogP contribution < -0.4 is 9.47 Å². The summed E-state index contributed by atoms with van der Waals surface area (Å²) in [6.07, 6.45) is 4.95. The van der Waals surface area contributed by atoms with Gasteiger partial charge in [-0.15, -0.1) is 11.3 Å². The smallest absolute Gasteiger partial charge is 0.171 e. The maximum atomic E-state index is 5.60. The second-order valence-electron chi connectivity index (χ2n) is 3.21. The number of methoxy groups -OCH3 is 1. The molecule has 0 spiro atoms. The van der Waals surface area contributed by atoms with Gasteiger partial charge in [-0.3, -0.25) is 0 Å². The fourth-order valence-electron chi connectivity index (χ4n) is 1.24. The predicted molar refractivity (Wildman–Crippen MR) is 60.5 cm³/mol. The van der Waals surface area contributed by atoms with Gasteiger partial charge >= 0.3 is 0 Å². The topological polar surface area (TPSA) is 18.5 Å². The van der Waals surface area contributed by atoms with Gasteiger partial charge in [0.2, 0.25) is 0 Å². The predicted octanol–water partition coefficient (Wildman–Crippen LogP) is 3.72. The van der Waals surface area contributed by atoms with Crippen molar-refractivity contribution in [1.82, 2.24) is 0 Å². The zero-order chi connectivity index (χ0) is 10.2. The van der Waals surface area contributed by atoms with Crippen LogP contribution >= 0.6 is 11.3 Å². The molecule has 0 aliphatic carbocycles. The third kappa shape index (κ3) is 3.58. The van der Waals surface area contributed by atoms with Gasteiger partial charge in [-0.25, -0.2) is 0 Å². The molecule has 0 amide bonds. The second kappa shape index (κ2) is 6.71. The SMILES string of the molecule is CCCCCCOc1cscc1OC. The maximum absolute atomic E-state index is 5.60. The van der Waals surface area contributed by atoms with Gasteiger partial charge in [-0.05, 0) is 6.42 Å². The number of hydrogen-bond donors (Lipinski definition) is 0. The molecule has 0 aromatic carbocycles. The average molecular weight is 214 g/mol. The highest BCUT2D eigenvalue weighted by Gasteiger charge is 2.03. The summed E-state index contributed by atoms with van der Waals surface area (Å²) < 4.78 is 10.7. The van der Waals surface area contributed by atoms with E-state index in [0.717, 1.165) is 24.5 Å². The Bertz CT molecular complexity index is 245. The van der Waals surface area contributed by atoms with E-state index in [-0.39, 0.29) is 0 Å². The largest absolute Gasteiger partial charge is 0.492 e. The van der Waals surface area contributed by atoms with Crippen molar-refractivity contribution in [2.45, 2.75) is 32.6 Å². The first kappa shape index (κ1) is 11.4. The van der Waals surface area contributed by atoms with Gasteiger partial charge in [0, 0.05) is 10.8 Å². The van der Waals surface area contributed by atoms with Gasteiger partial charge in [0.25, 0.3) is 0 Å². The molecule has 14 heavy (non-hydrogen) atoms. The quantitative estimate of drug-likeness (QED) is 0.644. The average Bonchev–Trinajstić information content (AvgIpc) is 2.65. The summed E-state index contributed by atoms with van der Waals surface area (Å²) in [6, 6.07) is 0. The Hall–Kier alpha value is -0.700. The Morgan fingerprint density at radius 1 is 1.14 bits per heavy atom. The van der Waals surface area contributed by atoms with E-state index in [1.807, 2.05) is 10.8 Å². The summed E-state index contributed by atoms with van der Waals surface area (Å²) in [5.41, 5.74) is 0. The van der Waals surface area contributed by atoms with Crippen LogP contribution in [0.4, 0.5) is 0 Å². The van der Waals surface area contributed by atoms with Crippen LogP contribution in [-0.4, -0.2) is 13.7 Å². The minimum absolute atomic E-state index is 0.799. The van der Waals surface area contributed by atoms with Gasteiger partial charge in [-0.1, -0.05) is 26.2 Å². The van der Waals surface area contributed by atoms with Crippen LogP contribution in [0.25, 0.3) is 0 Å². The molecule has 0 saturated heterocycles. The summed E-state index contributed by atoms with van der Waals surface area (Å²) in [5, 5.41) is 3.94. The summed E-state index contributed by atoms with van der Waals surface area (Å²) in [6.45, 7) is 3.01. The minimum Gasteiger partial charge on any atom is -0.492 e. The van der Waals surface area contributed by atoms with E-state index >= 15 is 0 Å². The Morgan fingerprint density at radius 3 is 2.64 bits per heavy atom. The zero-order valence-electron chi connectivity index (χ0n) is 8.91. The number of hydrogen-bond acceptors (Lipinski definition) is 3. The van der Waals surface area contributed by atoms with Crippen LogP contribution in [0.5, 0.6) is 11.5 Å². The van der Waals surface area contributed by atoms with E-state index in [0.29, 0.717) is 0 Å². The highest BCUT2D eigenvalue weighted by molar-refractivity contribution is 7.08. The third-order valence-corrected chi connectivity index (χ3v) is 2.77. The molecule has 1 aromatic rings. The number of rotatable bonds is 7. The van der Waals surface area contributed by atoms with Crippen molar-refractivity contribution in [1.29, 1.82) is 0 Å². The number of ether oxygens (including phenoxy) is 2. The van der Waals surface area contributed by atoms with Crippen molar-refractivity contribution in [3.05, 3.63) is 10.8 Å². The van der Waals surface area contributed by atoms with Crippen molar-refractivity contribution in [3.8, 4) is 11.5 Å². The van der Waals surface area contributed by atoms with Crippen molar-refractivity contribution < 1.29 is 9.47 Å². The van der Waals surface area contributed by atoms with Gasteiger partial charge in [-0.2, -0.15) is 0 Å². The van der Waals surface area contributed by atoms with E-state index in [1.165, 1.54) is 19.3 Å². The van der Waals surface area contributed by atoms with Crippen LogP contribution in [0.15, 0.2) is 10.8 Å². The summed E-state index contributed by atoms with van der Waals surface area (Å²) in [5.74, 6) is 1.74. The lowest BCUT2D eigenvalue weighted by atomic mass is 10.2. The Morgan fingerprint density at radius 2 is 1.93 bits per heavy atom. The first-order chi connectivity index (χ1) is 6.88. The van der Waals surface area contributed by atoms with Gasteiger partial charge in [0.15, 0.2) is 11.5 Å². The lowest BCUT2D eigenvalue weighted by Gasteiger charge is -2.05. The van der Waals surface area contributed by atoms with Crippen LogP contribution in [0.2, 0.25) is 0 Å². The molecule has 80 valence electrons. The number of unbranched alkanes of at least 4 members (excludes halogenated alkanes) is 3. The Labute approximate surface area is 89.9 Å². The molecule has 3 heteroatoms. The van der Waals surface area contributed by atoms with E-state index in [4.69, 9.17) is 9.47 Å². The molecule has 2 nitrogen and oxygen atoms in total. The van der Waals surface area contributed by atoms with Crippen molar-refractivity contribution in [2.75, 3.05) is 13.7 Å². The molecule has 0 bridgehead atoms. The lowest BCUT2D eigenvalue weighted by Crippen LogP contribution is -1.97. The number of thiophene rings is 1. The zero-order valence-corrected chi connectivity index (χ0v) is 9.73. The van der Waals surface area contributed by atoms with Crippen LogP contribution in [0.1, 0.15) is 32.6 Å². The Kier molecular flexibility index (Phi) is 5.45. The highest BCUT2D eigenvalue weighted by atomic mass is 32.1. The summed E-state index contributed by atoms with van der Waals surface area (Å²) in [4.78, 5) is 0. The van der Waals surface area contributed by atoms with Crippen molar-refractivity contribution >= 4 is 11.3 Å². The van der Waals surface area contributed by atoms with Crippen molar-refractivity contribution in [3.63, 3.8) is 0 Å². The second-order valence-corrected chi connectivity index (χ2v) is 3.96. The van der Waals surface area contributed by atoms with E-state index in [1.54, 1.807) is 18.4 Å². The Balaban J connectivity index is 2.17. The fourth-order valence-corrected chi connectivity index (χ4v) is 1.95. The fraction of sp³-hybridized carbons (Fsp3) is 0.636. The highest BCUT2D eigenvalue weighted by Crippen LogP contribution is 2.31. The van der Waals surface area contributed by atoms with Crippen LogP contribution in [0, 0.1) is 0 Å². The molecule has 0 aliphatic heterocycles. The van der Waals surface area contributed by atoms with Gasteiger partial charge in [0.05, 0.1) is 13.7 Å². The molecule has 0 unspecified atom stereocenters. The first-order valence-corrected chi connectivity index (χ1v) is 6.05. The molecule has 0 radical (unpaired) electrons. The molecule has 0 saturated carbocycles. The first-order valence-electron chi connectivity index (χ1n) is 5.11. The van der Waals surface area contributed by atoms with Crippen LogP contribution in [-0.2, 0) is 0 Å². The normalized spacial score (nSPS) is 10.1. The lowest BCUT2D eigenvalue weighted by molar-refractivity contribution is 0.287. The summed E-state index contributed by atoms with van der Waals surface area (Å²) >= 11 is 1.61. The van der Waals surface area contributed by atoms with E-state index in [9.17, 15) is 0 Å². The van der Waals surface area contributed by atoms with Gasteiger partial charge < -0.3 is 9.47 Å². The summed E-state index contributed by atoms with van der Waals surface area (Å²) in [7, 11) is 1.67. The van der Waals surface area contributed by atoms with E-state index < -0.39 is 0 Å². The molecule has 0 aliphatic rings. The molecule has 1 rings (SSSR count). The van der Waals surface area contributed by atoms with Crippen LogP contribution in [0.3, 0.4) is 0 Å². The van der Waals surface area contributed by atoms with E-state index in [2.05, 4.69) is 6.92 Å². The van der Waals surface area contributed by atoms with Crippen molar-refractivity contribution in [2.24, 2.45) is 0 Å². The van der Waals surface area contributed by atoms with Gasteiger partial charge in [0.1, 0.15) is 0 Å². The molecule has 0 fully saturated rings. The third-order valence-electron chi connectivity index (χ3n) is 2.07. The monoisotopic (exact) mass is 214 g/mol. The molecule has 0 atom stereocenters. The molecule has 1 aromatic heterocycles. The molecular formula is C11H18O2S. The molecular weight excluding hydrogens is 196 g/mol. The standard InChI is InChI=1S/C11H18O2S/c1-3-4-5-6-7-13-11-9-14-8-10(11)12-2/h8-9H,3-7H2,1-2H3. The molecule has 0 N–H and O–H groups in total. The minimum atomic E-state index is 0.799. The molecule has 1 heterocycles.